The number of nitrogens with zero attached hydrogens (tertiary/aromatic N) is 2. The van der Waals surface area contributed by atoms with Crippen molar-refractivity contribution in [1.82, 2.24) is 9.29 Å². The van der Waals surface area contributed by atoms with Crippen molar-refractivity contribution in [3.05, 3.63) is 18.3 Å². The fourth-order valence-electron chi connectivity index (χ4n) is 2.31. The third-order valence-electron chi connectivity index (χ3n) is 3.88. The highest BCUT2D eigenvalue weighted by Crippen LogP contribution is 2.27. The van der Waals surface area contributed by atoms with E-state index in [9.17, 15) is 8.42 Å². The van der Waals surface area contributed by atoms with Gasteiger partial charge in [0.1, 0.15) is 10.7 Å². The predicted molar refractivity (Wildman–Crippen MR) is 80.1 cm³/mol. The van der Waals surface area contributed by atoms with Crippen LogP contribution >= 0.6 is 0 Å². The minimum absolute atomic E-state index is 0.279. The standard InChI is InChI=1S/C14H23N3O2S/c1-4-7-15-14-6-5-13(8-16-14)20(18,19)17-9-11(2)12(3)10-17/h5-6,8,11-12H,4,7,9-10H2,1-3H3,(H,15,16). The van der Waals surface area contributed by atoms with E-state index in [-0.39, 0.29) is 4.90 Å². The minimum atomic E-state index is -3.40. The SMILES string of the molecule is CCCNc1ccc(S(=O)(=O)N2CC(C)C(C)C2)cn1. The first-order chi connectivity index (χ1) is 9.45. The zero-order chi connectivity index (χ0) is 14.8. The van der Waals surface area contributed by atoms with Crippen molar-refractivity contribution in [2.75, 3.05) is 25.0 Å². The van der Waals surface area contributed by atoms with Gasteiger partial charge in [0.2, 0.25) is 10.0 Å². The van der Waals surface area contributed by atoms with Crippen LogP contribution in [0.2, 0.25) is 0 Å². The Morgan fingerprint density at radius 2 is 1.95 bits per heavy atom. The first-order valence-electron chi connectivity index (χ1n) is 7.15. The van der Waals surface area contributed by atoms with Crippen LogP contribution in [0.5, 0.6) is 0 Å². The Kier molecular flexibility index (Phi) is 4.65. The van der Waals surface area contributed by atoms with Gasteiger partial charge in [0.15, 0.2) is 0 Å². The molecule has 0 radical (unpaired) electrons. The second kappa shape index (κ2) is 6.10. The lowest BCUT2D eigenvalue weighted by Gasteiger charge is -2.16. The second-order valence-corrected chi connectivity index (χ2v) is 7.52. The van der Waals surface area contributed by atoms with E-state index in [0.29, 0.717) is 30.7 Å². The maximum atomic E-state index is 12.5. The van der Waals surface area contributed by atoms with Gasteiger partial charge in [-0.2, -0.15) is 4.31 Å². The molecular weight excluding hydrogens is 274 g/mol. The Morgan fingerprint density at radius 1 is 1.30 bits per heavy atom. The number of hydrogen-bond donors (Lipinski definition) is 1. The normalized spacial score (nSPS) is 23.9. The molecule has 1 N–H and O–H groups in total. The summed E-state index contributed by atoms with van der Waals surface area (Å²) in [6.07, 6.45) is 2.45. The van der Waals surface area contributed by atoms with Crippen LogP contribution in [0.3, 0.4) is 0 Å². The molecule has 0 aliphatic carbocycles. The van der Waals surface area contributed by atoms with Gasteiger partial charge in [-0.1, -0.05) is 20.8 Å². The third kappa shape index (κ3) is 3.12. The molecule has 2 rings (SSSR count). The molecule has 5 nitrogen and oxygen atoms in total. The summed E-state index contributed by atoms with van der Waals surface area (Å²) in [4.78, 5) is 4.45. The van der Waals surface area contributed by atoms with Gasteiger partial charge in [-0.05, 0) is 30.4 Å². The van der Waals surface area contributed by atoms with E-state index in [1.807, 2.05) is 0 Å². The number of sulfonamides is 1. The Balaban J connectivity index is 2.14. The number of rotatable bonds is 5. The topological polar surface area (TPSA) is 62.3 Å². The van der Waals surface area contributed by atoms with E-state index >= 15 is 0 Å². The number of nitrogens with one attached hydrogen (secondary N) is 1. The highest BCUT2D eigenvalue weighted by atomic mass is 32.2. The molecule has 2 heterocycles. The van der Waals surface area contributed by atoms with Crippen molar-refractivity contribution in [2.45, 2.75) is 32.1 Å². The molecule has 2 unspecified atom stereocenters. The molecule has 0 spiro atoms. The molecule has 0 aromatic carbocycles. The number of hydrogen-bond acceptors (Lipinski definition) is 4. The van der Waals surface area contributed by atoms with Crippen LogP contribution in [0, 0.1) is 11.8 Å². The van der Waals surface area contributed by atoms with Crippen LogP contribution in [0.25, 0.3) is 0 Å². The van der Waals surface area contributed by atoms with Crippen molar-refractivity contribution in [3.63, 3.8) is 0 Å². The van der Waals surface area contributed by atoms with Crippen molar-refractivity contribution in [3.8, 4) is 0 Å². The Bertz CT molecular complexity index is 532. The fourth-order valence-corrected chi connectivity index (χ4v) is 3.90. The maximum Gasteiger partial charge on any atom is 0.244 e. The van der Waals surface area contributed by atoms with Gasteiger partial charge in [-0.3, -0.25) is 0 Å². The van der Waals surface area contributed by atoms with E-state index in [4.69, 9.17) is 0 Å². The smallest absolute Gasteiger partial charge is 0.244 e. The Hall–Kier alpha value is -1.14. The van der Waals surface area contributed by atoms with Gasteiger partial charge in [-0.15, -0.1) is 0 Å². The monoisotopic (exact) mass is 297 g/mol. The molecule has 112 valence electrons. The van der Waals surface area contributed by atoms with Gasteiger partial charge in [-0.25, -0.2) is 13.4 Å². The summed E-state index contributed by atoms with van der Waals surface area (Å²) in [5.74, 6) is 1.53. The average molecular weight is 297 g/mol. The van der Waals surface area contributed by atoms with Crippen molar-refractivity contribution < 1.29 is 8.42 Å². The van der Waals surface area contributed by atoms with Crippen molar-refractivity contribution >= 4 is 15.8 Å². The summed E-state index contributed by atoms with van der Waals surface area (Å²) in [6, 6.07) is 3.36. The fraction of sp³-hybridized carbons (Fsp3) is 0.643. The number of pyridine rings is 1. The van der Waals surface area contributed by atoms with Crippen LogP contribution < -0.4 is 5.32 Å². The molecule has 0 amide bonds. The van der Waals surface area contributed by atoms with Crippen LogP contribution in [-0.4, -0.2) is 37.3 Å². The largest absolute Gasteiger partial charge is 0.370 e. The van der Waals surface area contributed by atoms with E-state index < -0.39 is 10.0 Å². The molecule has 1 saturated heterocycles. The van der Waals surface area contributed by atoms with Gasteiger partial charge in [0.05, 0.1) is 0 Å². The van der Waals surface area contributed by atoms with E-state index in [1.165, 1.54) is 6.20 Å². The molecule has 1 aliphatic heterocycles. The van der Waals surface area contributed by atoms with Crippen LogP contribution in [-0.2, 0) is 10.0 Å². The second-order valence-electron chi connectivity index (χ2n) is 5.58. The molecular formula is C14H23N3O2S. The molecule has 1 aliphatic rings. The van der Waals surface area contributed by atoms with Gasteiger partial charge < -0.3 is 5.32 Å². The van der Waals surface area contributed by atoms with Crippen LogP contribution in [0.1, 0.15) is 27.2 Å². The van der Waals surface area contributed by atoms with E-state index in [0.717, 1.165) is 13.0 Å². The summed E-state index contributed by atoms with van der Waals surface area (Å²) < 4.78 is 26.6. The van der Waals surface area contributed by atoms with Gasteiger partial charge >= 0.3 is 0 Å². The molecule has 2 atom stereocenters. The molecule has 20 heavy (non-hydrogen) atoms. The highest BCUT2D eigenvalue weighted by molar-refractivity contribution is 7.89. The Labute approximate surface area is 121 Å². The van der Waals surface area contributed by atoms with E-state index in [1.54, 1.807) is 16.4 Å². The summed E-state index contributed by atoms with van der Waals surface area (Å²) in [6.45, 7) is 8.28. The lowest BCUT2D eigenvalue weighted by atomic mass is 10.0. The van der Waals surface area contributed by atoms with Crippen LogP contribution in [0.15, 0.2) is 23.2 Å². The first kappa shape index (κ1) is 15.3. The first-order valence-corrected chi connectivity index (χ1v) is 8.59. The molecule has 1 fully saturated rings. The summed E-state index contributed by atoms with van der Waals surface area (Å²) in [5.41, 5.74) is 0. The number of anilines is 1. The van der Waals surface area contributed by atoms with Crippen molar-refractivity contribution in [1.29, 1.82) is 0 Å². The third-order valence-corrected chi connectivity index (χ3v) is 5.70. The summed E-state index contributed by atoms with van der Waals surface area (Å²) in [5, 5.41) is 3.14. The lowest BCUT2D eigenvalue weighted by Crippen LogP contribution is -2.29. The zero-order valence-electron chi connectivity index (χ0n) is 12.3. The molecule has 0 saturated carbocycles. The molecule has 1 aromatic heterocycles. The highest BCUT2D eigenvalue weighted by Gasteiger charge is 2.34. The minimum Gasteiger partial charge on any atom is -0.370 e. The summed E-state index contributed by atoms with van der Waals surface area (Å²) >= 11 is 0. The molecule has 1 aromatic rings. The Morgan fingerprint density at radius 3 is 2.45 bits per heavy atom. The molecule has 6 heteroatoms. The lowest BCUT2D eigenvalue weighted by molar-refractivity contribution is 0.463. The van der Waals surface area contributed by atoms with Crippen molar-refractivity contribution in [2.24, 2.45) is 11.8 Å². The maximum absolute atomic E-state index is 12.5. The average Bonchev–Trinajstić information content (AvgIpc) is 2.77. The van der Waals surface area contributed by atoms with Gasteiger partial charge in [0.25, 0.3) is 0 Å². The number of aromatic nitrogens is 1. The van der Waals surface area contributed by atoms with Gasteiger partial charge in [0, 0.05) is 25.8 Å². The zero-order valence-corrected chi connectivity index (χ0v) is 13.2. The van der Waals surface area contributed by atoms with E-state index in [2.05, 4.69) is 31.1 Å². The van der Waals surface area contributed by atoms with Crippen LogP contribution in [0.4, 0.5) is 5.82 Å². The summed E-state index contributed by atoms with van der Waals surface area (Å²) in [7, 11) is -3.40. The molecule has 0 bridgehead atoms. The predicted octanol–water partition coefficient (Wildman–Crippen LogP) is 2.18. The quantitative estimate of drug-likeness (QED) is 0.905.